The first-order valence-electron chi connectivity index (χ1n) is 6.27. The molecular weight excluding hydrogens is 361 g/mol. The van der Waals surface area contributed by atoms with Gasteiger partial charge in [0, 0.05) is 10.0 Å². The lowest BCUT2D eigenvalue weighted by molar-refractivity contribution is -0.122. The van der Waals surface area contributed by atoms with Crippen LogP contribution < -0.4 is 0 Å². The molecule has 0 radical (unpaired) electrons. The van der Waals surface area contributed by atoms with E-state index in [-0.39, 0.29) is 5.91 Å². The maximum atomic E-state index is 12.5. The summed E-state index contributed by atoms with van der Waals surface area (Å²) >= 11 is 18.5. The van der Waals surface area contributed by atoms with Crippen molar-refractivity contribution in [2.45, 2.75) is 6.54 Å². The van der Waals surface area contributed by atoms with E-state index in [0.717, 1.165) is 5.56 Å². The Bertz CT molecular complexity index is 772. The Morgan fingerprint density at radius 1 is 1.32 bits per heavy atom. The fraction of sp³-hybridized carbons (Fsp3) is 0.0667. The van der Waals surface area contributed by atoms with Crippen molar-refractivity contribution in [3.8, 4) is 0 Å². The molecule has 0 spiro atoms. The first-order valence-corrected chi connectivity index (χ1v) is 8.25. The maximum Gasteiger partial charge on any atom is 0.266 e. The summed E-state index contributed by atoms with van der Waals surface area (Å²) in [5, 5.41) is 1.04. The van der Waals surface area contributed by atoms with Crippen molar-refractivity contribution in [2.75, 3.05) is 0 Å². The van der Waals surface area contributed by atoms with Gasteiger partial charge in [0.25, 0.3) is 5.91 Å². The van der Waals surface area contributed by atoms with E-state index in [2.05, 4.69) is 0 Å². The Morgan fingerprint density at radius 3 is 2.82 bits per heavy atom. The number of benzene rings is 1. The topological polar surface area (TPSA) is 33.5 Å². The molecule has 1 aromatic heterocycles. The molecule has 7 heteroatoms. The van der Waals surface area contributed by atoms with Crippen LogP contribution in [0, 0.1) is 0 Å². The van der Waals surface area contributed by atoms with Gasteiger partial charge in [0.2, 0.25) is 0 Å². The summed E-state index contributed by atoms with van der Waals surface area (Å²) in [7, 11) is 0. The van der Waals surface area contributed by atoms with Gasteiger partial charge in [0.1, 0.15) is 10.1 Å². The van der Waals surface area contributed by atoms with Gasteiger partial charge >= 0.3 is 0 Å². The van der Waals surface area contributed by atoms with Crippen LogP contribution in [0.25, 0.3) is 6.08 Å². The predicted octanol–water partition coefficient (Wildman–Crippen LogP) is 4.99. The molecule has 22 heavy (non-hydrogen) atoms. The Hall–Kier alpha value is -1.27. The van der Waals surface area contributed by atoms with E-state index in [9.17, 15) is 4.79 Å². The van der Waals surface area contributed by atoms with Crippen LogP contribution in [0.4, 0.5) is 0 Å². The van der Waals surface area contributed by atoms with Gasteiger partial charge in [0.15, 0.2) is 0 Å². The molecule has 0 saturated carbocycles. The highest BCUT2D eigenvalue weighted by molar-refractivity contribution is 8.26. The van der Waals surface area contributed by atoms with Gasteiger partial charge in [-0.3, -0.25) is 9.69 Å². The number of thioether (sulfide) groups is 1. The van der Waals surface area contributed by atoms with Gasteiger partial charge in [0.05, 0.1) is 17.7 Å². The Morgan fingerprint density at radius 2 is 2.14 bits per heavy atom. The number of carbonyl (C=O) groups excluding carboxylic acids is 1. The molecule has 3 nitrogen and oxygen atoms in total. The quantitative estimate of drug-likeness (QED) is 0.563. The molecule has 0 atom stereocenters. The molecule has 2 heterocycles. The molecule has 0 unspecified atom stereocenters. The van der Waals surface area contributed by atoms with E-state index in [1.165, 1.54) is 16.7 Å². The molecule has 0 N–H and O–H groups in total. The molecule has 1 aliphatic heterocycles. The monoisotopic (exact) mass is 369 g/mol. The third-order valence-corrected chi connectivity index (χ3v) is 4.96. The first kappa shape index (κ1) is 15.6. The van der Waals surface area contributed by atoms with Crippen molar-refractivity contribution in [3.63, 3.8) is 0 Å². The average molecular weight is 370 g/mol. The maximum absolute atomic E-state index is 12.5. The van der Waals surface area contributed by atoms with E-state index < -0.39 is 0 Å². The lowest BCUT2D eigenvalue weighted by Crippen LogP contribution is -2.27. The lowest BCUT2D eigenvalue weighted by Gasteiger charge is -2.12. The second-order valence-electron chi connectivity index (χ2n) is 4.51. The summed E-state index contributed by atoms with van der Waals surface area (Å²) in [6.45, 7) is 0.323. The van der Waals surface area contributed by atoms with Crippen LogP contribution in [0.3, 0.4) is 0 Å². The number of carbonyl (C=O) groups is 1. The van der Waals surface area contributed by atoms with Crippen molar-refractivity contribution >= 4 is 63.5 Å². The number of amides is 1. The van der Waals surface area contributed by atoms with Gasteiger partial charge in [-0.25, -0.2) is 0 Å². The Balaban J connectivity index is 1.85. The third kappa shape index (κ3) is 3.22. The zero-order valence-electron chi connectivity index (χ0n) is 11.1. The molecule has 1 aromatic carbocycles. The first-order chi connectivity index (χ1) is 10.5. The molecule has 0 aliphatic carbocycles. The normalized spacial score (nSPS) is 16.8. The number of hydrogen-bond acceptors (Lipinski definition) is 4. The summed E-state index contributed by atoms with van der Waals surface area (Å²) < 4.78 is 5.76. The largest absolute Gasteiger partial charge is 0.467 e. The summed E-state index contributed by atoms with van der Waals surface area (Å²) in [5.41, 5.74) is 0.726. The summed E-state index contributed by atoms with van der Waals surface area (Å²) in [6, 6.07) is 8.71. The molecule has 1 amide bonds. The molecular formula is C15H9Cl2NO2S2. The zero-order valence-corrected chi connectivity index (χ0v) is 14.2. The summed E-state index contributed by atoms with van der Waals surface area (Å²) in [4.78, 5) is 14.5. The number of nitrogens with zero attached hydrogens (tertiary/aromatic N) is 1. The highest BCUT2D eigenvalue weighted by Crippen LogP contribution is 2.35. The van der Waals surface area contributed by atoms with Gasteiger partial charge in [-0.05, 0) is 35.9 Å². The van der Waals surface area contributed by atoms with E-state index in [0.29, 0.717) is 31.6 Å². The van der Waals surface area contributed by atoms with Crippen LogP contribution in [0.5, 0.6) is 0 Å². The fourth-order valence-corrected chi connectivity index (χ4v) is 3.66. The number of halogens is 2. The van der Waals surface area contributed by atoms with Crippen LogP contribution in [0.15, 0.2) is 45.9 Å². The minimum absolute atomic E-state index is 0.155. The van der Waals surface area contributed by atoms with Crippen molar-refractivity contribution < 1.29 is 9.21 Å². The number of furan rings is 1. The smallest absolute Gasteiger partial charge is 0.266 e. The van der Waals surface area contributed by atoms with Crippen molar-refractivity contribution in [1.29, 1.82) is 0 Å². The van der Waals surface area contributed by atoms with Crippen LogP contribution in [-0.2, 0) is 11.3 Å². The van der Waals surface area contributed by atoms with Gasteiger partial charge in [-0.15, -0.1) is 0 Å². The number of rotatable bonds is 3. The molecule has 1 saturated heterocycles. The van der Waals surface area contributed by atoms with E-state index >= 15 is 0 Å². The second-order valence-corrected chi connectivity index (χ2v) is 7.03. The highest BCUT2D eigenvalue weighted by atomic mass is 35.5. The van der Waals surface area contributed by atoms with Crippen molar-refractivity contribution in [2.24, 2.45) is 0 Å². The number of thiocarbonyl (C=S) groups is 1. The van der Waals surface area contributed by atoms with Gasteiger partial charge in [-0.2, -0.15) is 0 Å². The second kappa shape index (κ2) is 6.46. The molecule has 1 fully saturated rings. The van der Waals surface area contributed by atoms with Crippen LogP contribution in [0.1, 0.15) is 11.3 Å². The molecule has 0 bridgehead atoms. The Kier molecular flexibility index (Phi) is 4.59. The third-order valence-electron chi connectivity index (χ3n) is 3.02. The van der Waals surface area contributed by atoms with Gasteiger partial charge in [-0.1, -0.05) is 53.2 Å². The molecule has 2 aromatic rings. The number of hydrogen-bond donors (Lipinski definition) is 0. The SMILES string of the molecule is O=C1C(=Cc2ccc(Cl)cc2Cl)SC(=S)N1Cc1ccco1. The van der Waals surface area contributed by atoms with E-state index in [1.807, 2.05) is 0 Å². The van der Waals surface area contributed by atoms with E-state index in [4.69, 9.17) is 39.8 Å². The highest BCUT2D eigenvalue weighted by Gasteiger charge is 2.32. The molecule has 1 aliphatic rings. The summed E-state index contributed by atoms with van der Waals surface area (Å²) in [5.74, 6) is 0.527. The van der Waals surface area contributed by atoms with Crippen LogP contribution >= 0.6 is 47.2 Å². The fourth-order valence-electron chi connectivity index (χ4n) is 1.95. The summed E-state index contributed by atoms with van der Waals surface area (Å²) in [6.07, 6.45) is 3.29. The average Bonchev–Trinajstić information content (AvgIpc) is 3.06. The van der Waals surface area contributed by atoms with Crippen molar-refractivity contribution in [1.82, 2.24) is 4.90 Å². The van der Waals surface area contributed by atoms with Gasteiger partial charge < -0.3 is 4.42 Å². The van der Waals surface area contributed by atoms with E-state index in [1.54, 1.807) is 42.7 Å². The van der Waals surface area contributed by atoms with Crippen LogP contribution in [-0.4, -0.2) is 15.1 Å². The van der Waals surface area contributed by atoms with Crippen molar-refractivity contribution in [3.05, 3.63) is 62.9 Å². The predicted molar refractivity (Wildman–Crippen MR) is 93.9 cm³/mol. The standard InChI is InChI=1S/C15H9Cl2NO2S2/c16-10-4-3-9(12(17)7-10)6-13-14(19)18(15(21)22-13)8-11-2-1-5-20-11/h1-7H,8H2. The Labute approximate surface area is 146 Å². The minimum Gasteiger partial charge on any atom is -0.467 e. The van der Waals surface area contributed by atoms with Crippen LogP contribution in [0.2, 0.25) is 10.0 Å². The zero-order chi connectivity index (χ0) is 15.7. The lowest BCUT2D eigenvalue weighted by atomic mass is 10.2. The minimum atomic E-state index is -0.155. The molecule has 112 valence electrons. The molecule has 3 rings (SSSR count).